The highest BCUT2D eigenvalue weighted by Crippen LogP contribution is 2.15. The summed E-state index contributed by atoms with van der Waals surface area (Å²) in [6, 6.07) is 7.88. The Labute approximate surface area is 115 Å². The van der Waals surface area contributed by atoms with Crippen LogP contribution in [0.4, 0.5) is 5.69 Å². The molecule has 0 saturated carbocycles. The van der Waals surface area contributed by atoms with Gasteiger partial charge in [-0.2, -0.15) is 0 Å². The summed E-state index contributed by atoms with van der Waals surface area (Å²) >= 11 is 0. The number of carbonyl (C=O) groups excluding carboxylic acids is 1. The fraction of sp³-hybridized carbons (Fsp3) is 0.533. The van der Waals surface area contributed by atoms with Gasteiger partial charge in [0, 0.05) is 12.2 Å². The van der Waals surface area contributed by atoms with Gasteiger partial charge in [0.1, 0.15) is 0 Å². The maximum absolute atomic E-state index is 12.0. The molecule has 1 fully saturated rings. The van der Waals surface area contributed by atoms with Crippen molar-refractivity contribution < 1.29 is 4.79 Å². The molecule has 1 aliphatic rings. The average molecular weight is 261 g/mol. The van der Waals surface area contributed by atoms with E-state index in [0.29, 0.717) is 12.5 Å². The zero-order valence-electron chi connectivity index (χ0n) is 11.6. The van der Waals surface area contributed by atoms with E-state index in [9.17, 15) is 4.79 Å². The monoisotopic (exact) mass is 261 g/mol. The zero-order valence-corrected chi connectivity index (χ0v) is 11.6. The quantitative estimate of drug-likeness (QED) is 0.865. The molecule has 0 bridgehead atoms. The van der Waals surface area contributed by atoms with E-state index in [0.717, 1.165) is 37.3 Å². The fourth-order valence-corrected chi connectivity index (χ4v) is 2.61. The molecule has 0 radical (unpaired) electrons. The predicted octanol–water partition coefficient (Wildman–Crippen LogP) is 1.60. The molecule has 1 atom stereocenters. The van der Waals surface area contributed by atoms with Gasteiger partial charge in [0.15, 0.2) is 0 Å². The first-order valence-corrected chi connectivity index (χ1v) is 6.96. The van der Waals surface area contributed by atoms with Crippen LogP contribution in [0.25, 0.3) is 0 Å². The highest BCUT2D eigenvalue weighted by molar-refractivity contribution is 5.92. The number of nitrogens with zero attached hydrogens (tertiary/aromatic N) is 1. The molecule has 0 spiro atoms. The van der Waals surface area contributed by atoms with Gasteiger partial charge in [-0.1, -0.05) is 12.1 Å². The van der Waals surface area contributed by atoms with Gasteiger partial charge in [0.2, 0.25) is 5.91 Å². The number of nitrogens with two attached hydrogens (primary N) is 1. The summed E-state index contributed by atoms with van der Waals surface area (Å²) in [4.78, 5) is 14.2. The lowest BCUT2D eigenvalue weighted by molar-refractivity contribution is -0.117. The average Bonchev–Trinajstić information content (AvgIpc) is 2.38. The molecule has 1 saturated heterocycles. The van der Waals surface area contributed by atoms with Gasteiger partial charge in [0.25, 0.3) is 0 Å². The van der Waals surface area contributed by atoms with Gasteiger partial charge in [-0.05, 0) is 56.5 Å². The molecule has 2 rings (SSSR count). The molecule has 3 N–H and O–H groups in total. The molecule has 1 aliphatic heterocycles. The molecule has 0 aliphatic carbocycles. The van der Waals surface area contributed by atoms with Crippen molar-refractivity contribution in [3.05, 3.63) is 29.8 Å². The largest absolute Gasteiger partial charge is 0.330 e. The number of piperidine rings is 1. The molecule has 4 heteroatoms. The second-order valence-corrected chi connectivity index (χ2v) is 5.40. The fourth-order valence-electron chi connectivity index (χ4n) is 2.61. The number of benzene rings is 1. The lowest BCUT2D eigenvalue weighted by Gasteiger charge is -2.31. The molecule has 0 aromatic heterocycles. The molecule has 1 amide bonds. The van der Waals surface area contributed by atoms with Crippen LogP contribution in [0.2, 0.25) is 0 Å². The second kappa shape index (κ2) is 6.68. The number of hydrogen-bond acceptors (Lipinski definition) is 3. The first kappa shape index (κ1) is 14.0. The Morgan fingerprint density at radius 2 is 2.37 bits per heavy atom. The Kier molecular flexibility index (Phi) is 4.93. The van der Waals surface area contributed by atoms with Gasteiger partial charge in [-0.3, -0.25) is 9.69 Å². The molecule has 19 heavy (non-hydrogen) atoms. The van der Waals surface area contributed by atoms with Crippen LogP contribution in [0.3, 0.4) is 0 Å². The minimum Gasteiger partial charge on any atom is -0.330 e. The Bertz CT molecular complexity index is 433. The van der Waals surface area contributed by atoms with Crippen molar-refractivity contribution in [3.8, 4) is 0 Å². The second-order valence-electron chi connectivity index (χ2n) is 5.40. The molecule has 104 valence electrons. The van der Waals surface area contributed by atoms with Crippen LogP contribution in [0.15, 0.2) is 24.3 Å². The summed E-state index contributed by atoms with van der Waals surface area (Å²) in [5.74, 6) is 0.601. The van der Waals surface area contributed by atoms with Crippen LogP contribution >= 0.6 is 0 Å². The predicted molar refractivity (Wildman–Crippen MR) is 78.0 cm³/mol. The van der Waals surface area contributed by atoms with Crippen molar-refractivity contribution in [1.29, 1.82) is 0 Å². The third-order valence-corrected chi connectivity index (χ3v) is 3.61. The summed E-state index contributed by atoms with van der Waals surface area (Å²) in [5.41, 5.74) is 7.73. The standard InChI is InChI=1S/C15H23N3O/c1-12-4-2-6-14(8-12)17-15(19)11-18-7-3-5-13(9-16)10-18/h2,4,6,8,13H,3,5,7,9-11,16H2,1H3,(H,17,19). The first-order chi connectivity index (χ1) is 9.17. The van der Waals surface area contributed by atoms with E-state index in [4.69, 9.17) is 5.73 Å². The molecule has 1 aromatic carbocycles. The van der Waals surface area contributed by atoms with Crippen molar-refractivity contribution >= 4 is 11.6 Å². The van der Waals surface area contributed by atoms with Crippen molar-refractivity contribution in [3.63, 3.8) is 0 Å². The number of nitrogens with one attached hydrogen (secondary N) is 1. The Balaban J connectivity index is 1.84. The highest BCUT2D eigenvalue weighted by atomic mass is 16.2. The summed E-state index contributed by atoms with van der Waals surface area (Å²) in [6.45, 7) is 5.14. The number of rotatable bonds is 4. The first-order valence-electron chi connectivity index (χ1n) is 6.96. The number of hydrogen-bond donors (Lipinski definition) is 2. The lowest BCUT2D eigenvalue weighted by atomic mass is 9.98. The lowest BCUT2D eigenvalue weighted by Crippen LogP contribution is -2.42. The third kappa shape index (κ3) is 4.33. The molecule has 1 aromatic rings. The van der Waals surface area contributed by atoms with Crippen molar-refractivity contribution in [2.45, 2.75) is 19.8 Å². The minimum atomic E-state index is 0.0586. The van der Waals surface area contributed by atoms with Crippen molar-refractivity contribution in [1.82, 2.24) is 4.90 Å². The minimum absolute atomic E-state index is 0.0586. The molecule has 4 nitrogen and oxygen atoms in total. The number of amides is 1. The van der Waals surface area contributed by atoms with E-state index < -0.39 is 0 Å². The normalized spacial score (nSPS) is 20.2. The summed E-state index contributed by atoms with van der Waals surface area (Å²) in [6.07, 6.45) is 2.33. The molecule has 1 heterocycles. The van der Waals surface area contributed by atoms with Crippen LogP contribution in [-0.2, 0) is 4.79 Å². The molecular formula is C15H23N3O. The number of likely N-dealkylation sites (tertiary alicyclic amines) is 1. The number of carbonyl (C=O) groups is 1. The van der Waals surface area contributed by atoms with Crippen LogP contribution < -0.4 is 11.1 Å². The molecular weight excluding hydrogens is 238 g/mol. The summed E-state index contributed by atoms with van der Waals surface area (Å²) in [5, 5.41) is 2.95. The Morgan fingerprint density at radius 1 is 1.53 bits per heavy atom. The Hall–Kier alpha value is -1.39. The van der Waals surface area contributed by atoms with Crippen LogP contribution in [0.1, 0.15) is 18.4 Å². The van der Waals surface area contributed by atoms with E-state index in [1.165, 1.54) is 6.42 Å². The maximum atomic E-state index is 12.0. The van der Waals surface area contributed by atoms with Gasteiger partial charge in [0.05, 0.1) is 6.54 Å². The summed E-state index contributed by atoms with van der Waals surface area (Å²) in [7, 11) is 0. The van der Waals surface area contributed by atoms with E-state index in [1.807, 2.05) is 31.2 Å². The van der Waals surface area contributed by atoms with E-state index in [1.54, 1.807) is 0 Å². The number of aryl methyl sites for hydroxylation is 1. The van der Waals surface area contributed by atoms with E-state index >= 15 is 0 Å². The summed E-state index contributed by atoms with van der Waals surface area (Å²) < 4.78 is 0. The SMILES string of the molecule is Cc1cccc(NC(=O)CN2CCCC(CN)C2)c1. The van der Waals surface area contributed by atoms with Gasteiger partial charge < -0.3 is 11.1 Å². The van der Waals surface area contributed by atoms with Crippen molar-refractivity contribution in [2.24, 2.45) is 11.7 Å². The topological polar surface area (TPSA) is 58.4 Å². The zero-order chi connectivity index (χ0) is 13.7. The smallest absolute Gasteiger partial charge is 0.238 e. The van der Waals surface area contributed by atoms with Crippen LogP contribution in [0.5, 0.6) is 0 Å². The Morgan fingerprint density at radius 3 is 3.11 bits per heavy atom. The van der Waals surface area contributed by atoms with E-state index in [2.05, 4.69) is 10.2 Å². The highest BCUT2D eigenvalue weighted by Gasteiger charge is 2.20. The van der Waals surface area contributed by atoms with E-state index in [-0.39, 0.29) is 5.91 Å². The maximum Gasteiger partial charge on any atom is 0.238 e. The number of anilines is 1. The van der Waals surface area contributed by atoms with Gasteiger partial charge >= 0.3 is 0 Å². The van der Waals surface area contributed by atoms with Crippen LogP contribution in [-0.4, -0.2) is 37.0 Å². The van der Waals surface area contributed by atoms with Crippen molar-refractivity contribution in [2.75, 3.05) is 31.5 Å². The molecule has 1 unspecified atom stereocenters. The van der Waals surface area contributed by atoms with Crippen LogP contribution in [0, 0.1) is 12.8 Å². The van der Waals surface area contributed by atoms with Gasteiger partial charge in [-0.25, -0.2) is 0 Å². The third-order valence-electron chi connectivity index (χ3n) is 3.61. The van der Waals surface area contributed by atoms with Gasteiger partial charge in [-0.15, -0.1) is 0 Å².